The molecule has 0 spiro atoms. The van der Waals surface area contributed by atoms with Crippen molar-refractivity contribution in [3.63, 3.8) is 0 Å². The summed E-state index contributed by atoms with van der Waals surface area (Å²) in [6.45, 7) is 10.0. The van der Waals surface area contributed by atoms with Gasteiger partial charge in [0.05, 0.1) is 36.2 Å². The van der Waals surface area contributed by atoms with Gasteiger partial charge in [-0.2, -0.15) is 5.10 Å². The van der Waals surface area contributed by atoms with Crippen LogP contribution in [0.4, 0.5) is 16.4 Å². The van der Waals surface area contributed by atoms with Crippen molar-refractivity contribution in [2.75, 3.05) is 23.9 Å². The van der Waals surface area contributed by atoms with Crippen LogP contribution in [0.3, 0.4) is 0 Å². The predicted octanol–water partition coefficient (Wildman–Crippen LogP) is 3.83. The summed E-state index contributed by atoms with van der Waals surface area (Å²) in [5.74, 6) is 1.46. The molecule has 0 unspecified atom stereocenters. The molecule has 0 aromatic carbocycles. The van der Waals surface area contributed by atoms with Crippen molar-refractivity contribution in [1.29, 1.82) is 0 Å². The summed E-state index contributed by atoms with van der Waals surface area (Å²) >= 11 is 0. The zero-order valence-corrected chi connectivity index (χ0v) is 25.2. The van der Waals surface area contributed by atoms with Gasteiger partial charge in [0.1, 0.15) is 29.3 Å². The van der Waals surface area contributed by atoms with Crippen molar-refractivity contribution >= 4 is 23.6 Å². The number of ether oxygens (including phenoxy) is 1. The number of carbonyl (C=O) groups is 2. The van der Waals surface area contributed by atoms with E-state index in [9.17, 15) is 9.59 Å². The van der Waals surface area contributed by atoms with Crippen LogP contribution in [0.25, 0.3) is 17.2 Å². The fourth-order valence-electron chi connectivity index (χ4n) is 4.57. The predicted molar refractivity (Wildman–Crippen MR) is 157 cm³/mol. The van der Waals surface area contributed by atoms with Gasteiger partial charge >= 0.3 is 6.09 Å². The molecule has 0 atom stereocenters. The van der Waals surface area contributed by atoms with Crippen LogP contribution in [0.15, 0.2) is 43.0 Å². The monoisotopic (exact) mass is 572 g/mol. The maximum atomic E-state index is 13.9. The fraction of sp³-hybridized carbons (Fsp3) is 0.414. The first-order valence-corrected chi connectivity index (χ1v) is 13.7. The number of rotatable bonds is 7. The molecular formula is C29H36N10O3. The number of nitrogens with zero attached hydrogens (tertiary/aromatic N) is 10. The van der Waals surface area contributed by atoms with Gasteiger partial charge in [-0.3, -0.25) is 18.9 Å². The molecule has 0 N–H and O–H groups in total. The van der Waals surface area contributed by atoms with Gasteiger partial charge in [-0.05, 0) is 52.8 Å². The lowest BCUT2D eigenvalue weighted by molar-refractivity contribution is 0.0282. The Hall–Kier alpha value is -4.81. The lowest BCUT2D eigenvalue weighted by atomic mass is 10.1. The average molecular weight is 573 g/mol. The molecule has 220 valence electrons. The number of hydrogen-bond donors (Lipinski definition) is 0. The number of aryl methyl sites for hydroxylation is 1. The Labute approximate surface area is 244 Å². The van der Waals surface area contributed by atoms with Crippen molar-refractivity contribution < 1.29 is 14.3 Å². The van der Waals surface area contributed by atoms with Crippen molar-refractivity contribution in [1.82, 2.24) is 39.4 Å². The Morgan fingerprint density at radius 2 is 1.93 bits per heavy atom. The standard InChI is InChI=1S/C29H36N10O3/c1-18(2)37(8)25-12-20-21(23(33-25)16-35(6)28(41)42-29(3,4)5)15-38(27(20)40)24-11-9-10-22(32-24)26-34-30-17-39(26)19-13-31-36(7)14-19/h9-14,17-18H,15-16H2,1-8H3. The van der Waals surface area contributed by atoms with Crippen LogP contribution in [-0.4, -0.2) is 77.2 Å². The van der Waals surface area contributed by atoms with E-state index < -0.39 is 11.7 Å². The highest BCUT2D eigenvalue weighted by molar-refractivity contribution is 6.10. The Bertz CT molecular complexity index is 1630. The molecule has 13 heteroatoms. The van der Waals surface area contributed by atoms with Gasteiger partial charge in [0.15, 0.2) is 5.82 Å². The van der Waals surface area contributed by atoms with E-state index in [4.69, 9.17) is 14.7 Å². The first-order chi connectivity index (χ1) is 19.8. The number of aromatic nitrogens is 7. The minimum Gasteiger partial charge on any atom is -0.444 e. The average Bonchev–Trinajstić information content (AvgIpc) is 3.66. The van der Waals surface area contributed by atoms with Gasteiger partial charge in [0, 0.05) is 38.9 Å². The smallest absolute Gasteiger partial charge is 0.410 e. The summed E-state index contributed by atoms with van der Waals surface area (Å²) in [6.07, 6.45) is 4.70. The molecule has 0 fully saturated rings. The van der Waals surface area contributed by atoms with Crippen LogP contribution >= 0.6 is 0 Å². The third kappa shape index (κ3) is 5.67. The molecule has 2 amide bonds. The van der Waals surface area contributed by atoms with E-state index in [1.165, 1.54) is 4.90 Å². The van der Waals surface area contributed by atoms with Crippen molar-refractivity contribution in [3.05, 3.63) is 59.8 Å². The van der Waals surface area contributed by atoms with Crippen molar-refractivity contribution in [2.45, 2.75) is 59.4 Å². The van der Waals surface area contributed by atoms with Gasteiger partial charge in [-0.15, -0.1) is 10.2 Å². The van der Waals surface area contributed by atoms with Crippen LogP contribution in [0, 0.1) is 0 Å². The van der Waals surface area contributed by atoms with Crippen molar-refractivity contribution in [2.24, 2.45) is 7.05 Å². The number of amides is 2. The van der Waals surface area contributed by atoms with Gasteiger partial charge in [-0.1, -0.05) is 6.07 Å². The molecule has 13 nitrogen and oxygen atoms in total. The second kappa shape index (κ2) is 10.9. The van der Waals surface area contributed by atoms with E-state index in [-0.39, 0.29) is 25.0 Å². The van der Waals surface area contributed by atoms with E-state index in [2.05, 4.69) is 29.1 Å². The lowest BCUT2D eigenvalue weighted by Crippen LogP contribution is -2.34. The molecule has 4 aromatic rings. The Morgan fingerprint density at radius 3 is 2.60 bits per heavy atom. The zero-order valence-electron chi connectivity index (χ0n) is 25.2. The van der Waals surface area contributed by atoms with E-state index in [1.807, 2.05) is 64.2 Å². The summed E-state index contributed by atoms with van der Waals surface area (Å²) < 4.78 is 9.04. The summed E-state index contributed by atoms with van der Waals surface area (Å²) in [7, 11) is 5.43. The number of pyridine rings is 2. The maximum Gasteiger partial charge on any atom is 0.410 e. The Balaban J connectivity index is 1.49. The normalized spacial score (nSPS) is 13.1. The van der Waals surface area contributed by atoms with Crippen LogP contribution in [-0.2, 0) is 24.9 Å². The third-order valence-electron chi connectivity index (χ3n) is 6.97. The molecule has 1 aliphatic rings. The topological polar surface area (TPSA) is 127 Å². The summed E-state index contributed by atoms with van der Waals surface area (Å²) in [5.41, 5.74) is 2.63. The van der Waals surface area contributed by atoms with E-state index >= 15 is 0 Å². The fourth-order valence-corrected chi connectivity index (χ4v) is 4.57. The highest BCUT2D eigenvalue weighted by Gasteiger charge is 2.34. The van der Waals surface area contributed by atoms with E-state index in [1.54, 1.807) is 39.8 Å². The molecule has 5 heterocycles. The van der Waals surface area contributed by atoms with Crippen LogP contribution < -0.4 is 9.80 Å². The molecular weight excluding hydrogens is 536 g/mol. The first kappa shape index (κ1) is 28.7. The summed E-state index contributed by atoms with van der Waals surface area (Å²) in [5, 5.41) is 12.6. The van der Waals surface area contributed by atoms with Crippen molar-refractivity contribution in [3.8, 4) is 17.2 Å². The minimum absolute atomic E-state index is 0.148. The lowest BCUT2D eigenvalue weighted by Gasteiger charge is -2.26. The molecule has 0 aliphatic carbocycles. The largest absolute Gasteiger partial charge is 0.444 e. The molecule has 0 saturated carbocycles. The second-order valence-corrected chi connectivity index (χ2v) is 11.7. The van der Waals surface area contributed by atoms with Crippen LogP contribution in [0.5, 0.6) is 0 Å². The molecule has 5 rings (SSSR count). The van der Waals surface area contributed by atoms with Crippen LogP contribution in [0.2, 0.25) is 0 Å². The molecule has 4 aromatic heterocycles. The van der Waals surface area contributed by atoms with E-state index in [0.29, 0.717) is 34.4 Å². The summed E-state index contributed by atoms with van der Waals surface area (Å²) in [4.78, 5) is 41.5. The van der Waals surface area contributed by atoms with Gasteiger partial charge < -0.3 is 14.5 Å². The second-order valence-electron chi connectivity index (χ2n) is 11.7. The number of anilines is 2. The first-order valence-electron chi connectivity index (χ1n) is 13.7. The van der Waals surface area contributed by atoms with Crippen LogP contribution in [0.1, 0.15) is 56.2 Å². The Kier molecular flexibility index (Phi) is 7.43. The summed E-state index contributed by atoms with van der Waals surface area (Å²) in [6, 6.07) is 7.42. The molecule has 0 bridgehead atoms. The number of hydrogen-bond acceptors (Lipinski definition) is 9. The van der Waals surface area contributed by atoms with Gasteiger partial charge in [0.2, 0.25) is 0 Å². The highest BCUT2D eigenvalue weighted by Crippen LogP contribution is 2.33. The Morgan fingerprint density at radius 1 is 1.17 bits per heavy atom. The molecule has 1 aliphatic heterocycles. The van der Waals surface area contributed by atoms with Gasteiger partial charge in [-0.25, -0.2) is 14.8 Å². The molecule has 0 radical (unpaired) electrons. The highest BCUT2D eigenvalue weighted by atomic mass is 16.6. The van der Waals surface area contributed by atoms with Gasteiger partial charge in [0.25, 0.3) is 5.91 Å². The maximum absolute atomic E-state index is 13.9. The quantitative estimate of drug-likeness (QED) is 0.325. The number of fused-ring (bicyclic) bond motifs is 1. The third-order valence-corrected chi connectivity index (χ3v) is 6.97. The number of carbonyl (C=O) groups excluding carboxylic acids is 2. The molecule has 0 saturated heterocycles. The molecule has 42 heavy (non-hydrogen) atoms. The minimum atomic E-state index is -0.634. The zero-order chi connectivity index (χ0) is 30.3. The van der Waals surface area contributed by atoms with E-state index in [0.717, 1.165) is 11.3 Å². The SMILES string of the molecule is CC(C)N(C)c1cc2c(c(CN(C)C(=O)OC(C)(C)C)n1)CN(c1cccc(-c3nncn3-c3cnn(C)c3)n1)C2=O.